The summed E-state index contributed by atoms with van der Waals surface area (Å²) in [5.74, 6) is 0.587. The highest BCUT2D eigenvalue weighted by atomic mass is 15.0. The lowest BCUT2D eigenvalue weighted by Crippen LogP contribution is -2.05. The van der Waals surface area contributed by atoms with Crippen LogP contribution in [0.1, 0.15) is 43.0 Å². The zero-order valence-corrected chi connectivity index (χ0v) is 23.0. The van der Waals surface area contributed by atoms with Crippen LogP contribution in [0.25, 0.3) is 27.2 Å². The lowest BCUT2D eigenvalue weighted by molar-refractivity contribution is 1.08. The summed E-state index contributed by atoms with van der Waals surface area (Å²) in [6.07, 6.45) is 8.68. The molecule has 0 saturated heterocycles. The van der Waals surface area contributed by atoms with E-state index in [0.29, 0.717) is 5.82 Å². The van der Waals surface area contributed by atoms with E-state index in [-0.39, 0.29) is 0 Å². The predicted molar refractivity (Wildman–Crippen MR) is 163 cm³/mol. The Bertz CT molecular complexity index is 1670. The molecule has 0 saturated carbocycles. The van der Waals surface area contributed by atoms with Gasteiger partial charge in [-0.1, -0.05) is 63.2 Å². The number of hydrogen-bond donors (Lipinski definition) is 2. The first-order chi connectivity index (χ1) is 18.5. The van der Waals surface area contributed by atoms with E-state index < -0.39 is 0 Å². The van der Waals surface area contributed by atoms with Crippen molar-refractivity contribution in [1.82, 2.24) is 14.4 Å². The maximum Gasteiger partial charge on any atom is 0.136 e. The van der Waals surface area contributed by atoms with E-state index in [1.54, 1.807) is 12.4 Å². The highest BCUT2D eigenvalue weighted by Gasteiger charge is 2.10. The largest absolute Gasteiger partial charge is 0.383 e. The molecular formula is C33H37N5. The minimum atomic E-state index is 0.587. The maximum atomic E-state index is 6.02. The van der Waals surface area contributed by atoms with Crippen molar-refractivity contribution in [2.24, 2.45) is 0 Å². The average molecular weight is 504 g/mol. The van der Waals surface area contributed by atoms with Crippen LogP contribution in [0.5, 0.6) is 0 Å². The van der Waals surface area contributed by atoms with Gasteiger partial charge in [-0.3, -0.25) is 0 Å². The molecule has 0 atom stereocenters. The van der Waals surface area contributed by atoms with E-state index in [9.17, 15) is 0 Å². The van der Waals surface area contributed by atoms with Crippen LogP contribution in [-0.2, 0) is 13.0 Å². The van der Waals surface area contributed by atoms with E-state index >= 15 is 0 Å². The zero-order chi connectivity index (χ0) is 27.1. The van der Waals surface area contributed by atoms with Gasteiger partial charge in [-0.05, 0) is 82.9 Å². The number of nitrogens with one attached hydrogen (secondary N) is 1. The third kappa shape index (κ3) is 5.78. The van der Waals surface area contributed by atoms with Gasteiger partial charge < -0.3 is 15.5 Å². The van der Waals surface area contributed by atoms with Crippen molar-refractivity contribution in [3.8, 4) is 0 Å². The van der Waals surface area contributed by atoms with Gasteiger partial charge >= 0.3 is 0 Å². The van der Waals surface area contributed by atoms with Gasteiger partial charge in [0.2, 0.25) is 0 Å². The van der Waals surface area contributed by atoms with Crippen LogP contribution in [0.4, 0.5) is 11.5 Å². The second kappa shape index (κ2) is 12.2. The molecule has 5 heteroatoms. The molecule has 0 aliphatic heterocycles. The fourth-order valence-electron chi connectivity index (χ4n) is 4.68. The molecule has 0 aliphatic carbocycles. The van der Waals surface area contributed by atoms with Crippen LogP contribution in [0.15, 0.2) is 91.5 Å². The first kappa shape index (κ1) is 26.7. The Balaban J connectivity index is 0.000000201. The number of fused-ring (bicyclic) bond motifs is 3. The highest BCUT2D eigenvalue weighted by molar-refractivity contribution is 5.94. The lowest BCUT2D eigenvalue weighted by atomic mass is 9.96. The zero-order valence-electron chi connectivity index (χ0n) is 23.0. The number of nitrogens with zero attached hydrogens (tertiary/aromatic N) is 3. The van der Waals surface area contributed by atoms with Gasteiger partial charge in [-0.2, -0.15) is 0 Å². The number of imidazole rings is 1. The van der Waals surface area contributed by atoms with Gasteiger partial charge in [0.05, 0.1) is 5.69 Å². The number of rotatable bonds is 4. The molecule has 3 N–H and O–H groups in total. The molecule has 3 heterocycles. The normalized spacial score (nSPS) is 10.6. The number of aromatic nitrogens is 3. The molecule has 0 aliphatic rings. The molecule has 6 aromatic rings. The van der Waals surface area contributed by atoms with Crippen LogP contribution in [-0.4, -0.2) is 14.4 Å². The Hall–Kier alpha value is -4.38. The van der Waals surface area contributed by atoms with Crippen molar-refractivity contribution in [3.05, 3.63) is 114 Å². The van der Waals surface area contributed by atoms with Crippen molar-refractivity contribution in [2.75, 3.05) is 11.1 Å². The van der Waals surface area contributed by atoms with Crippen molar-refractivity contribution < 1.29 is 0 Å². The Labute approximate surface area is 225 Å². The molecule has 0 unspecified atom stereocenters. The fourth-order valence-corrected chi connectivity index (χ4v) is 4.68. The summed E-state index contributed by atoms with van der Waals surface area (Å²) in [4.78, 5) is 8.46. The molecule has 3 aromatic heterocycles. The molecule has 0 spiro atoms. The maximum absolute atomic E-state index is 6.02. The summed E-state index contributed by atoms with van der Waals surface area (Å²) in [6.45, 7) is 11.2. The Morgan fingerprint density at radius 3 is 2.42 bits per heavy atom. The summed E-state index contributed by atoms with van der Waals surface area (Å²) in [5, 5.41) is 8.37. The van der Waals surface area contributed by atoms with Gasteiger partial charge in [0.15, 0.2) is 0 Å². The number of aryl methyl sites for hydroxylation is 3. The Morgan fingerprint density at radius 1 is 0.842 bits per heavy atom. The number of nitrogen functional groups attached to an aromatic ring is 1. The van der Waals surface area contributed by atoms with E-state index in [2.05, 4.69) is 96.9 Å². The second-order valence-electron chi connectivity index (χ2n) is 9.09. The molecule has 0 fully saturated rings. The lowest BCUT2D eigenvalue weighted by Gasteiger charge is -2.15. The quantitative estimate of drug-likeness (QED) is 0.255. The van der Waals surface area contributed by atoms with Gasteiger partial charge in [-0.15, -0.1) is 0 Å². The number of anilines is 2. The summed E-state index contributed by atoms with van der Waals surface area (Å²) in [6, 6.07) is 23.3. The van der Waals surface area contributed by atoms with Crippen LogP contribution in [0.3, 0.4) is 0 Å². The summed E-state index contributed by atoms with van der Waals surface area (Å²) < 4.78 is 2.01. The minimum absolute atomic E-state index is 0.587. The number of benzene rings is 3. The van der Waals surface area contributed by atoms with Crippen LogP contribution in [0, 0.1) is 13.8 Å². The van der Waals surface area contributed by atoms with Crippen LogP contribution in [0.2, 0.25) is 0 Å². The molecule has 3 aromatic carbocycles. The molecule has 38 heavy (non-hydrogen) atoms. The second-order valence-corrected chi connectivity index (χ2v) is 9.09. The number of nitrogens with two attached hydrogens (primary N) is 1. The van der Waals surface area contributed by atoms with Crippen LogP contribution < -0.4 is 11.1 Å². The molecule has 5 nitrogen and oxygen atoms in total. The third-order valence-corrected chi connectivity index (χ3v) is 6.79. The summed E-state index contributed by atoms with van der Waals surface area (Å²) >= 11 is 0. The van der Waals surface area contributed by atoms with Gasteiger partial charge in [0.1, 0.15) is 11.5 Å². The summed E-state index contributed by atoms with van der Waals surface area (Å²) in [7, 11) is 0. The molecular weight excluding hydrogens is 466 g/mol. The third-order valence-electron chi connectivity index (χ3n) is 6.79. The molecule has 0 radical (unpaired) electrons. The van der Waals surface area contributed by atoms with E-state index in [0.717, 1.165) is 35.1 Å². The predicted octanol–water partition coefficient (Wildman–Crippen LogP) is 8.12. The first-order valence-corrected chi connectivity index (χ1v) is 13.3. The molecule has 194 valence electrons. The van der Waals surface area contributed by atoms with Crippen molar-refractivity contribution in [1.29, 1.82) is 0 Å². The van der Waals surface area contributed by atoms with Gasteiger partial charge in [0, 0.05) is 36.7 Å². The average Bonchev–Trinajstić information content (AvgIpc) is 3.43. The van der Waals surface area contributed by atoms with E-state index in [1.807, 2.05) is 36.6 Å². The summed E-state index contributed by atoms with van der Waals surface area (Å²) in [5.41, 5.74) is 13.2. The van der Waals surface area contributed by atoms with E-state index in [1.165, 1.54) is 33.0 Å². The Morgan fingerprint density at radius 2 is 1.63 bits per heavy atom. The topological polar surface area (TPSA) is 68.2 Å². The minimum Gasteiger partial charge on any atom is -0.383 e. The molecule has 0 bridgehead atoms. The smallest absolute Gasteiger partial charge is 0.136 e. The van der Waals surface area contributed by atoms with Crippen molar-refractivity contribution in [2.45, 2.75) is 47.6 Å². The standard InChI is InChI=1S/C19H19N5.C12H12.C2H6/c1-12-9-16-15(5-6-22-19(16)20)13(2)17(12)10-23-14-3-4-18-21-7-8-24(18)11-14;1-2-10-7-8-11-5-3-4-6-12(11)9-10;1-2/h3-9,11,23H,10H2,1-2H3,(H2,20,22);3-9H,2H2,1H3;1-2H3. The fraction of sp³-hybridized carbons (Fsp3) is 0.212. The molecule has 6 rings (SSSR count). The van der Waals surface area contributed by atoms with Gasteiger partial charge in [0.25, 0.3) is 0 Å². The van der Waals surface area contributed by atoms with E-state index in [4.69, 9.17) is 5.73 Å². The number of hydrogen-bond acceptors (Lipinski definition) is 4. The van der Waals surface area contributed by atoms with Gasteiger partial charge in [-0.25, -0.2) is 9.97 Å². The molecule has 0 amide bonds. The number of pyridine rings is 2. The van der Waals surface area contributed by atoms with Crippen LogP contribution >= 0.6 is 0 Å². The van der Waals surface area contributed by atoms with Crippen molar-refractivity contribution in [3.63, 3.8) is 0 Å². The first-order valence-electron chi connectivity index (χ1n) is 13.3. The highest BCUT2D eigenvalue weighted by Crippen LogP contribution is 2.28. The Kier molecular flexibility index (Phi) is 8.59. The SMILES string of the molecule is CC.CCc1ccc2ccccc2c1.Cc1cc2c(N)nccc2c(C)c1CNc1ccc2nccn2c1. The van der Waals surface area contributed by atoms with Crippen molar-refractivity contribution >= 4 is 38.7 Å². The monoisotopic (exact) mass is 503 g/mol.